The SMILES string of the molecule is CN(C)c1cc(NC(=O)CNCCF)c(O)c2c1CC1CC3[C@H](N(C)C)C(=O)C(C(N)=O)=C(O)C3(O)C(=O)C1=C2O. The molecule has 3 aliphatic carbocycles. The maximum atomic E-state index is 14.0. The van der Waals surface area contributed by atoms with Crippen molar-refractivity contribution in [3.05, 3.63) is 34.1 Å². The lowest BCUT2D eigenvalue weighted by Crippen LogP contribution is -2.65. The van der Waals surface area contributed by atoms with Crippen molar-refractivity contribution in [2.24, 2.45) is 17.6 Å². The summed E-state index contributed by atoms with van der Waals surface area (Å²) in [6, 6.07) is 0.318. The number of phenols is 1. The molecule has 0 heterocycles. The van der Waals surface area contributed by atoms with Gasteiger partial charge in [0.25, 0.3) is 5.91 Å². The normalized spacial score (nSPS) is 25.6. The van der Waals surface area contributed by atoms with E-state index in [4.69, 9.17) is 5.73 Å². The second-order valence-electron chi connectivity index (χ2n) is 10.9. The third kappa shape index (κ3) is 4.61. The first-order valence-electron chi connectivity index (χ1n) is 13.0. The summed E-state index contributed by atoms with van der Waals surface area (Å²) in [5.74, 6) is -8.19. The van der Waals surface area contributed by atoms with Gasteiger partial charge in [0, 0.05) is 37.8 Å². The molecule has 41 heavy (non-hydrogen) atoms. The number of primary amides is 1. The summed E-state index contributed by atoms with van der Waals surface area (Å²) in [7, 11) is 6.47. The molecule has 0 aromatic heterocycles. The van der Waals surface area contributed by atoms with Crippen molar-refractivity contribution < 1.29 is 44.0 Å². The number of phenolic OH excluding ortho intramolecular Hbond substituents is 1. The monoisotopic (exact) mass is 575 g/mol. The average molecular weight is 576 g/mol. The maximum Gasteiger partial charge on any atom is 0.255 e. The topological polar surface area (TPSA) is 206 Å². The lowest BCUT2D eigenvalue weighted by atomic mass is 9.57. The van der Waals surface area contributed by atoms with Crippen LogP contribution in [0.3, 0.4) is 0 Å². The first kappa shape index (κ1) is 30.0. The number of aliphatic hydroxyl groups excluding tert-OH is 2. The number of nitrogens with one attached hydrogen (secondary N) is 2. The minimum absolute atomic E-state index is 0.0435. The zero-order valence-electron chi connectivity index (χ0n) is 23.1. The summed E-state index contributed by atoms with van der Waals surface area (Å²) in [6.45, 7) is -0.980. The Kier molecular flexibility index (Phi) is 7.86. The number of hydrogen-bond acceptors (Lipinski definition) is 11. The highest BCUT2D eigenvalue weighted by molar-refractivity contribution is 6.24. The van der Waals surface area contributed by atoms with E-state index in [9.17, 15) is 44.0 Å². The van der Waals surface area contributed by atoms with Gasteiger partial charge in [-0.25, -0.2) is 4.39 Å². The molecule has 3 aliphatic rings. The molecule has 1 aromatic carbocycles. The Morgan fingerprint density at radius 1 is 1.17 bits per heavy atom. The van der Waals surface area contributed by atoms with Crippen LogP contribution < -0.4 is 21.3 Å². The number of nitrogens with two attached hydrogens (primary N) is 1. The maximum absolute atomic E-state index is 14.0. The highest BCUT2D eigenvalue weighted by Crippen LogP contribution is 2.54. The van der Waals surface area contributed by atoms with Gasteiger partial charge >= 0.3 is 0 Å². The number of anilines is 2. The van der Waals surface area contributed by atoms with Crippen molar-refractivity contribution in [3.63, 3.8) is 0 Å². The van der Waals surface area contributed by atoms with Gasteiger partial charge in [-0.2, -0.15) is 0 Å². The minimum Gasteiger partial charge on any atom is -0.508 e. The Balaban J connectivity index is 1.90. The Bertz CT molecular complexity index is 1400. The quantitative estimate of drug-likeness (QED) is 0.120. The summed E-state index contributed by atoms with van der Waals surface area (Å²) < 4.78 is 12.4. The Labute approximate surface area is 235 Å². The molecule has 2 amide bonds. The van der Waals surface area contributed by atoms with Crippen molar-refractivity contribution in [1.82, 2.24) is 10.2 Å². The van der Waals surface area contributed by atoms with Crippen molar-refractivity contribution >= 4 is 40.5 Å². The van der Waals surface area contributed by atoms with Gasteiger partial charge in [-0.15, -0.1) is 0 Å². The molecule has 0 aliphatic heterocycles. The fourth-order valence-corrected chi connectivity index (χ4v) is 6.25. The van der Waals surface area contributed by atoms with E-state index >= 15 is 0 Å². The number of alkyl halides is 1. The number of halogens is 1. The highest BCUT2D eigenvalue weighted by Gasteiger charge is 2.64. The van der Waals surface area contributed by atoms with Crippen LogP contribution in [0.5, 0.6) is 5.75 Å². The Morgan fingerprint density at radius 3 is 2.39 bits per heavy atom. The molecule has 0 radical (unpaired) electrons. The predicted molar refractivity (Wildman–Crippen MR) is 146 cm³/mol. The van der Waals surface area contributed by atoms with Crippen LogP contribution in [-0.4, -0.2) is 108 Å². The van der Waals surface area contributed by atoms with Gasteiger partial charge in [-0.1, -0.05) is 0 Å². The largest absolute Gasteiger partial charge is 0.508 e. The summed E-state index contributed by atoms with van der Waals surface area (Å²) in [5.41, 5.74) is 2.12. The molecule has 14 heteroatoms. The van der Waals surface area contributed by atoms with Crippen LogP contribution in [0.25, 0.3) is 5.76 Å². The zero-order chi connectivity index (χ0) is 30.5. The summed E-state index contributed by atoms with van der Waals surface area (Å²) in [5, 5.41) is 50.4. The van der Waals surface area contributed by atoms with E-state index in [0.717, 1.165) is 0 Å². The molecule has 4 rings (SSSR count). The summed E-state index contributed by atoms with van der Waals surface area (Å²) >= 11 is 0. The third-order valence-corrected chi connectivity index (χ3v) is 8.01. The third-order valence-electron chi connectivity index (χ3n) is 8.01. The average Bonchev–Trinajstić information content (AvgIpc) is 2.87. The molecule has 0 spiro atoms. The standard InChI is InChI=1S/C27H34FN5O8/c1-32(2)15-9-14(31-16(34)10-30-6-5-28)21(35)18-12(15)7-11-8-13-20(33(3)4)23(37)19(26(29)40)25(39)27(13,41)24(38)17(11)22(18)36/h9,11,13,20,30,35-36,39,41H,5-8,10H2,1-4H3,(H2,29,40)(H,31,34)/t11?,13?,20-,27?/m0/s1. The van der Waals surface area contributed by atoms with E-state index in [1.54, 1.807) is 19.0 Å². The van der Waals surface area contributed by atoms with Crippen molar-refractivity contribution in [2.45, 2.75) is 24.5 Å². The number of hydrogen-bond donors (Lipinski definition) is 7. The van der Waals surface area contributed by atoms with Crippen LogP contribution in [0.1, 0.15) is 17.5 Å². The fourth-order valence-electron chi connectivity index (χ4n) is 6.25. The number of likely N-dealkylation sites (N-methyl/N-ethyl adjacent to an activating group) is 1. The van der Waals surface area contributed by atoms with Gasteiger partial charge in [-0.3, -0.25) is 24.1 Å². The van der Waals surface area contributed by atoms with Gasteiger partial charge in [-0.05, 0) is 44.5 Å². The molecule has 8 N–H and O–H groups in total. The molecular weight excluding hydrogens is 541 g/mol. The lowest BCUT2D eigenvalue weighted by Gasteiger charge is -2.50. The van der Waals surface area contributed by atoms with Gasteiger partial charge < -0.3 is 41.7 Å². The summed E-state index contributed by atoms with van der Waals surface area (Å²) in [6.07, 6.45) is 0.0556. The zero-order valence-corrected chi connectivity index (χ0v) is 23.1. The van der Waals surface area contributed by atoms with Crippen LogP contribution in [0.2, 0.25) is 0 Å². The van der Waals surface area contributed by atoms with Gasteiger partial charge in [0.05, 0.1) is 23.8 Å². The molecule has 0 bridgehead atoms. The number of carbonyl (C=O) groups is 4. The van der Waals surface area contributed by atoms with Crippen LogP contribution in [-0.2, 0) is 25.6 Å². The second-order valence-corrected chi connectivity index (χ2v) is 10.9. The van der Waals surface area contributed by atoms with Crippen molar-refractivity contribution in [2.75, 3.05) is 58.2 Å². The second kappa shape index (κ2) is 10.8. The number of aliphatic hydroxyl groups is 3. The number of fused-ring (bicyclic) bond motifs is 3. The Hall–Kier alpha value is -4.01. The summed E-state index contributed by atoms with van der Waals surface area (Å²) in [4.78, 5) is 54.8. The fraction of sp³-hybridized carbons (Fsp3) is 0.481. The minimum atomic E-state index is -2.75. The first-order valence-corrected chi connectivity index (χ1v) is 13.0. The van der Waals surface area contributed by atoms with Crippen LogP contribution in [0.4, 0.5) is 15.8 Å². The number of rotatable bonds is 8. The van der Waals surface area contributed by atoms with Gasteiger partial charge in [0.1, 0.15) is 29.5 Å². The number of benzene rings is 1. The molecule has 0 saturated heterocycles. The van der Waals surface area contributed by atoms with E-state index in [-0.39, 0.29) is 42.8 Å². The molecule has 3 unspecified atom stereocenters. The van der Waals surface area contributed by atoms with Gasteiger partial charge in [0.15, 0.2) is 11.4 Å². The molecule has 1 fully saturated rings. The van der Waals surface area contributed by atoms with Gasteiger partial charge in [0.2, 0.25) is 11.7 Å². The highest BCUT2D eigenvalue weighted by atomic mass is 19.1. The van der Waals surface area contributed by atoms with E-state index in [1.807, 2.05) is 0 Å². The molecule has 222 valence electrons. The number of ketones is 2. The number of Topliss-reactive ketones (excluding diaryl/α,β-unsaturated/α-hetero) is 2. The van der Waals surface area contributed by atoms with E-state index in [2.05, 4.69) is 10.6 Å². The Morgan fingerprint density at radius 2 is 1.83 bits per heavy atom. The number of carbonyl (C=O) groups excluding carboxylic acids is 4. The van der Waals surface area contributed by atoms with E-state index in [1.165, 1.54) is 25.1 Å². The van der Waals surface area contributed by atoms with E-state index < -0.39 is 76.4 Å². The number of aromatic hydroxyl groups is 1. The van der Waals surface area contributed by atoms with Crippen LogP contribution >= 0.6 is 0 Å². The predicted octanol–water partition coefficient (Wildman–Crippen LogP) is -0.472. The number of amides is 2. The molecule has 13 nitrogen and oxygen atoms in total. The lowest BCUT2D eigenvalue weighted by molar-refractivity contribution is -0.153. The van der Waals surface area contributed by atoms with Crippen LogP contribution in [0.15, 0.2) is 23.0 Å². The molecular formula is C27H34FN5O8. The number of nitrogens with zero attached hydrogens (tertiary/aromatic N) is 2. The first-order chi connectivity index (χ1) is 19.2. The molecule has 4 atom stereocenters. The smallest absolute Gasteiger partial charge is 0.255 e. The van der Waals surface area contributed by atoms with Crippen molar-refractivity contribution in [1.29, 1.82) is 0 Å². The molecule has 1 aromatic rings. The van der Waals surface area contributed by atoms with E-state index in [0.29, 0.717) is 11.3 Å². The molecule has 1 saturated carbocycles. The van der Waals surface area contributed by atoms with Crippen LogP contribution in [0, 0.1) is 11.8 Å². The van der Waals surface area contributed by atoms with Crippen molar-refractivity contribution in [3.8, 4) is 5.75 Å².